The van der Waals surface area contributed by atoms with E-state index < -0.39 is 0 Å². The van der Waals surface area contributed by atoms with Crippen LogP contribution in [-0.4, -0.2) is 67.9 Å². The van der Waals surface area contributed by atoms with Crippen LogP contribution < -0.4 is 0 Å². The van der Waals surface area contributed by atoms with E-state index in [0.29, 0.717) is 11.9 Å². The molecule has 0 radical (unpaired) electrons. The van der Waals surface area contributed by atoms with Gasteiger partial charge in [-0.1, -0.05) is 30.3 Å². The minimum atomic E-state index is 0.599. The fourth-order valence-electron chi connectivity index (χ4n) is 5.11. The van der Waals surface area contributed by atoms with Gasteiger partial charge in [-0.3, -0.25) is 9.88 Å². The van der Waals surface area contributed by atoms with Crippen molar-refractivity contribution in [3.63, 3.8) is 0 Å². The first-order chi connectivity index (χ1) is 18.0. The molecular weight excluding hydrogens is 458 g/mol. The summed E-state index contributed by atoms with van der Waals surface area (Å²) < 4.78 is 0. The first-order valence-electron chi connectivity index (χ1n) is 12.8. The van der Waals surface area contributed by atoms with Crippen LogP contribution in [0.4, 0.5) is 0 Å². The molecule has 5 aromatic rings. The van der Waals surface area contributed by atoms with Crippen LogP contribution in [0.5, 0.6) is 0 Å². The first-order valence-corrected chi connectivity index (χ1v) is 12.8. The highest BCUT2D eigenvalue weighted by atomic mass is 15.2. The molecule has 1 N–H and O–H groups in total. The Bertz CT molecular complexity index is 1540. The Hall–Kier alpha value is -3.94. The van der Waals surface area contributed by atoms with E-state index in [1.807, 2.05) is 49.8 Å². The molecule has 5 heterocycles. The number of fused-ring (bicyclic) bond motifs is 1. The van der Waals surface area contributed by atoms with Crippen LogP contribution in [0.2, 0.25) is 0 Å². The monoisotopic (exact) mass is 489 g/mol. The second-order valence-corrected chi connectivity index (χ2v) is 10.1. The standard InChI is InChI=1S/C30H31N7/c1-20-5-4-6-27(33-20)30-34-28(26-11-13-32-29(26)35-30)24-15-23(16-31-17-24)22-9-7-21(8-10-22)18-37-14-12-25(19-37)36(2)3/h4-11,13,15-17,25H,12,14,18-19H2,1-3H3,(H,32,34,35)/t25-/m0/s1. The number of aromatic nitrogens is 5. The number of pyridine rings is 2. The van der Waals surface area contributed by atoms with Gasteiger partial charge in [-0.15, -0.1) is 0 Å². The number of nitrogens with one attached hydrogen (secondary N) is 1. The number of aromatic amines is 1. The van der Waals surface area contributed by atoms with Crippen molar-refractivity contribution < 1.29 is 0 Å². The molecule has 0 bridgehead atoms. The smallest absolute Gasteiger partial charge is 0.180 e. The van der Waals surface area contributed by atoms with Gasteiger partial charge in [0.25, 0.3) is 0 Å². The topological polar surface area (TPSA) is 73.8 Å². The molecule has 0 unspecified atom stereocenters. The van der Waals surface area contributed by atoms with E-state index in [2.05, 4.69) is 69.2 Å². The normalized spacial score (nSPS) is 16.2. The number of hydrogen-bond donors (Lipinski definition) is 1. The summed E-state index contributed by atoms with van der Waals surface area (Å²) in [4.78, 5) is 27.0. The van der Waals surface area contributed by atoms with E-state index in [1.165, 1.54) is 12.0 Å². The molecule has 0 saturated carbocycles. The zero-order valence-electron chi connectivity index (χ0n) is 21.5. The lowest BCUT2D eigenvalue weighted by Gasteiger charge is -2.20. The van der Waals surface area contributed by atoms with Gasteiger partial charge in [0, 0.05) is 66.5 Å². The molecule has 7 heteroatoms. The van der Waals surface area contributed by atoms with E-state index in [4.69, 9.17) is 9.97 Å². The molecule has 37 heavy (non-hydrogen) atoms. The summed E-state index contributed by atoms with van der Waals surface area (Å²) in [5, 5.41) is 0.965. The number of benzene rings is 1. The summed E-state index contributed by atoms with van der Waals surface area (Å²) in [5.74, 6) is 0.599. The second kappa shape index (κ2) is 9.84. The predicted octanol–water partition coefficient (Wildman–Crippen LogP) is 5.19. The van der Waals surface area contributed by atoms with Crippen molar-refractivity contribution >= 4 is 11.0 Å². The Kier molecular flexibility index (Phi) is 6.24. The lowest BCUT2D eigenvalue weighted by atomic mass is 10.0. The average Bonchev–Trinajstić information content (AvgIpc) is 3.58. The van der Waals surface area contributed by atoms with E-state index in [-0.39, 0.29) is 0 Å². The molecule has 6 rings (SSSR count). The average molecular weight is 490 g/mol. The quantitative estimate of drug-likeness (QED) is 0.354. The lowest BCUT2D eigenvalue weighted by molar-refractivity contribution is 0.264. The van der Waals surface area contributed by atoms with Gasteiger partial charge >= 0.3 is 0 Å². The van der Waals surface area contributed by atoms with Crippen molar-refractivity contribution in [3.8, 4) is 33.9 Å². The predicted molar refractivity (Wildman–Crippen MR) is 148 cm³/mol. The highest BCUT2D eigenvalue weighted by Gasteiger charge is 2.23. The van der Waals surface area contributed by atoms with E-state index in [1.54, 1.807) is 0 Å². The number of likely N-dealkylation sites (N-methyl/N-ethyl adjacent to an activating group) is 1. The van der Waals surface area contributed by atoms with Crippen LogP contribution in [0, 0.1) is 6.92 Å². The van der Waals surface area contributed by atoms with Crippen molar-refractivity contribution in [1.82, 2.24) is 34.7 Å². The van der Waals surface area contributed by atoms with Crippen LogP contribution in [0.25, 0.3) is 44.9 Å². The number of hydrogen-bond acceptors (Lipinski definition) is 6. The van der Waals surface area contributed by atoms with E-state index >= 15 is 0 Å². The Morgan fingerprint density at radius 1 is 0.946 bits per heavy atom. The number of likely N-dealkylation sites (tertiary alicyclic amines) is 1. The molecule has 1 aliphatic rings. The fraction of sp³-hybridized carbons (Fsp3) is 0.267. The SMILES string of the molecule is Cc1cccc(-c2nc(-c3cncc(-c4ccc(CN5CC[C@H](N(C)C)C5)cc4)c3)c3cc[nH]c3n2)n1. The number of rotatable bonds is 6. The molecule has 0 amide bonds. The first kappa shape index (κ1) is 23.5. The third-order valence-corrected chi connectivity index (χ3v) is 7.22. The van der Waals surface area contributed by atoms with Crippen molar-refractivity contribution in [3.05, 3.63) is 84.4 Å². The Labute approximate surface area is 217 Å². The minimum Gasteiger partial charge on any atom is -0.346 e. The summed E-state index contributed by atoms with van der Waals surface area (Å²) in [7, 11) is 4.35. The van der Waals surface area contributed by atoms with Crippen molar-refractivity contribution in [2.24, 2.45) is 0 Å². The summed E-state index contributed by atoms with van der Waals surface area (Å²) in [5.41, 5.74) is 7.83. The third kappa shape index (κ3) is 4.88. The van der Waals surface area contributed by atoms with Crippen molar-refractivity contribution in [2.75, 3.05) is 27.2 Å². The zero-order valence-corrected chi connectivity index (χ0v) is 21.5. The Balaban J connectivity index is 1.29. The van der Waals surface area contributed by atoms with Gasteiger partial charge < -0.3 is 9.88 Å². The second-order valence-electron chi connectivity index (χ2n) is 10.1. The molecule has 1 aliphatic heterocycles. The van der Waals surface area contributed by atoms with Gasteiger partial charge in [-0.25, -0.2) is 15.0 Å². The van der Waals surface area contributed by atoms with Crippen molar-refractivity contribution in [2.45, 2.75) is 25.9 Å². The summed E-state index contributed by atoms with van der Waals surface area (Å²) in [6.07, 6.45) is 6.92. The number of nitrogens with zero attached hydrogens (tertiary/aromatic N) is 6. The third-order valence-electron chi connectivity index (χ3n) is 7.22. The molecule has 1 aromatic carbocycles. The molecule has 7 nitrogen and oxygen atoms in total. The van der Waals surface area contributed by atoms with E-state index in [9.17, 15) is 0 Å². The van der Waals surface area contributed by atoms with Crippen LogP contribution in [0.3, 0.4) is 0 Å². The largest absolute Gasteiger partial charge is 0.346 e. The Morgan fingerprint density at radius 2 is 1.78 bits per heavy atom. The molecule has 1 saturated heterocycles. The molecule has 4 aromatic heterocycles. The Morgan fingerprint density at radius 3 is 2.57 bits per heavy atom. The van der Waals surface area contributed by atoms with Crippen LogP contribution >= 0.6 is 0 Å². The van der Waals surface area contributed by atoms with Gasteiger partial charge in [0.05, 0.1) is 5.69 Å². The van der Waals surface area contributed by atoms with Gasteiger partial charge in [0.15, 0.2) is 5.82 Å². The maximum atomic E-state index is 4.94. The van der Waals surface area contributed by atoms with Gasteiger partial charge in [0.2, 0.25) is 0 Å². The van der Waals surface area contributed by atoms with Crippen molar-refractivity contribution in [1.29, 1.82) is 0 Å². The molecular formula is C30H31N7. The minimum absolute atomic E-state index is 0.599. The molecule has 1 atom stereocenters. The van der Waals surface area contributed by atoms with Gasteiger partial charge in [-0.05, 0) is 62.8 Å². The number of aryl methyl sites for hydroxylation is 1. The van der Waals surface area contributed by atoms with Gasteiger partial charge in [0.1, 0.15) is 11.3 Å². The highest BCUT2D eigenvalue weighted by Crippen LogP contribution is 2.31. The molecule has 0 spiro atoms. The lowest BCUT2D eigenvalue weighted by Crippen LogP contribution is -2.31. The molecule has 1 fully saturated rings. The fourth-order valence-corrected chi connectivity index (χ4v) is 5.11. The molecule has 186 valence electrons. The number of H-pyrrole nitrogens is 1. The van der Waals surface area contributed by atoms with Crippen LogP contribution in [0.1, 0.15) is 17.7 Å². The van der Waals surface area contributed by atoms with E-state index in [0.717, 1.165) is 64.4 Å². The zero-order chi connectivity index (χ0) is 25.4. The summed E-state index contributed by atoms with van der Waals surface area (Å²) in [6, 6.07) is 19.6. The summed E-state index contributed by atoms with van der Waals surface area (Å²) in [6.45, 7) is 5.25. The molecule has 0 aliphatic carbocycles. The van der Waals surface area contributed by atoms with Gasteiger partial charge in [-0.2, -0.15) is 0 Å². The summed E-state index contributed by atoms with van der Waals surface area (Å²) >= 11 is 0. The maximum absolute atomic E-state index is 4.94. The maximum Gasteiger partial charge on any atom is 0.180 e. The highest BCUT2D eigenvalue weighted by molar-refractivity contribution is 5.92. The van der Waals surface area contributed by atoms with Crippen LogP contribution in [-0.2, 0) is 6.54 Å². The van der Waals surface area contributed by atoms with Crippen LogP contribution in [0.15, 0.2) is 73.2 Å².